The smallest absolute Gasteiger partial charge is 0.0781 e. The van der Waals surface area contributed by atoms with E-state index in [0.717, 1.165) is 6.61 Å². The standard InChI is InChI=1S/C12H27NO/c1-7-10(8-2)11(13-6)12(4,5)14-9-3/h10-11,13H,7-9H2,1-6H3. The summed E-state index contributed by atoms with van der Waals surface area (Å²) >= 11 is 0. The summed E-state index contributed by atoms with van der Waals surface area (Å²) in [5.74, 6) is 0.696. The lowest BCUT2D eigenvalue weighted by molar-refractivity contribution is -0.0521. The molecule has 0 saturated carbocycles. The van der Waals surface area contributed by atoms with Crippen LogP contribution >= 0.6 is 0 Å². The molecule has 0 bridgehead atoms. The van der Waals surface area contributed by atoms with Gasteiger partial charge in [0, 0.05) is 12.6 Å². The fourth-order valence-electron chi connectivity index (χ4n) is 2.37. The van der Waals surface area contributed by atoms with E-state index in [1.54, 1.807) is 0 Å². The normalized spacial score (nSPS) is 14.8. The minimum Gasteiger partial charge on any atom is -0.374 e. The summed E-state index contributed by atoms with van der Waals surface area (Å²) < 4.78 is 5.80. The van der Waals surface area contributed by atoms with Gasteiger partial charge in [-0.2, -0.15) is 0 Å². The number of hydrogen-bond acceptors (Lipinski definition) is 2. The van der Waals surface area contributed by atoms with Gasteiger partial charge in [0.05, 0.1) is 5.60 Å². The maximum Gasteiger partial charge on any atom is 0.0781 e. The van der Waals surface area contributed by atoms with Crippen molar-refractivity contribution >= 4 is 0 Å². The Labute approximate surface area is 89.4 Å². The van der Waals surface area contributed by atoms with Crippen LogP contribution in [0.25, 0.3) is 0 Å². The molecule has 0 fully saturated rings. The summed E-state index contributed by atoms with van der Waals surface area (Å²) in [6.07, 6.45) is 2.41. The topological polar surface area (TPSA) is 21.3 Å². The van der Waals surface area contributed by atoms with Gasteiger partial charge in [-0.05, 0) is 33.7 Å². The van der Waals surface area contributed by atoms with Crippen LogP contribution in [-0.4, -0.2) is 25.3 Å². The van der Waals surface area contributed by atoms with Crippen LogP contribution < -0.4 is 5.32 Å². The molecular weight excluding hydrogens is 174 g/mol. The molecule has 14 heavy (non-hydrogen) atoms. The second-order valence-corrected chi connectivity index (χ2v) is 4.38. The van der Waals surface area contributed by atoms with Crippen LogP contribution in [0.3, 0.4) is 0 Å². The third-order valence-electron chi connectivity index (χ3n) is 3.10. The van der Waals surface area contributed by atoms with Crippen LogP contribution in [0.15, 0.2) is 0 Å². The van der Waals surface area contributed by atoms with Crippen LogP contribution in [0, 0.1) is 5.92 Å². The largest absolute Gasteiger partial charge is 0.374 e. The van der Waals surface area contributed by atoms with Gasteiger partial charge in [0.2, 0.25) is 0 Å². The summed E-state index contributed by atoms with van der Waals surface area (Å²) in [5, 5.41) is 3.40. The average molecular weight is 201 g/mol. The van der Waals surface area contributed by atoms with E-state index in [4.69, 9.17) is 4.74 Å². The van der Waals surface area contributed by atoms with Crippen LogP contribution in [0.2, 0.25) is 0 Å². The highest BCUT2D eigenvalue weighted by Crippen LogP contribution is 2.25. The molecule has 0 spiro atoms. The summed E-state index contributed by atoms with van der Waals surface area (Å²) in [6.45, 7) is 11.7. The van der Waals surface area contributed by atoms with Gasteiger partial charge >= 0.3 is 0 Å². The van der Waals surface area contributed by atoms with E-state index in [2.05, 4.69) is 39.9 Å². The minimum atomic E-state index is -0.0693. The summed E-state index contributed by atoms with van der Waals surface area (Å²) in [5.41, 5.74) is -0.0693. The Morgan fingerprint density at radius 1 is 1.14 bits per heavy atom. The fraction of sp³-hybridized carbons (Fsp3) is 1.00. The predicted molar refractivity (Wildman–Crippen MR) is 62.6 cm³/mol. The highest BCUT2D eigenvalue weighted by Gasteiger charge is 2.33. The molecule has 0 saturated heterocycles. The van der Waals surface area contributed by atoms with Crippen molar-refractivity contribution < 1.29 is 4.74 Å². The van der Waals surface area contributed by atoms with Crippen molar-refractivity contribution in [2.45, 2.75) is 59.1 Å². The molecule has 1 atom stereocenters. The Hall–Kier alpha value is -0.0800. The zero-order chi connectivity index (χ0) is 11.2. The van der Waals surface area contributed by atoms with Gasteiger partial charge < -0.3 is 10.1 Å². The predicted octanol–water partition coefficient (Wildman–Crippen LogP) is 2.83. The highest BCUT2D eigenvalue weighted by atomic mass is 16.5. The Bertz CT molecular complexity index is 141. The van der Waals surface area contributed by atoms with Gasteiger partial charge in [-0.1, -0.05) is 26.7 Å². The van der Waals surface area contributed by atoms with Crippen molar-refractivity contribution in [3.63, 3.8) is 0 Å². The van der Waals surface area contributed by atoms with E-state index in [1.165, 1.54) is 12.8 Å². The molecule has 2 heteroatoms. The first kappa shape index (κ1) is 13.9. The van der Waals surface area contributed by atoms with E-state index >= 15 is 0 Å². The molecule has 0 aliphatic carbocycles. The van der Waals surface area contributed by atoms with E-state index in [1.807, 2.05) is 7.05 Å². The molecule has 0 radical (unpaired) electrons. The van der Waals surface area contributed by atoms with Crippen LogP contribution in [0.4, 0.5) is 0 Å². The second-order valence-electron chi connectivity index (χ2n) is 4.38. The van der Waals surface area contributed by atoms with Crippen molar-refractivity contribution in [3.8, 4) is 0 Å². The van der Waals surface area contributed by atoms with Crippen LogP contribution in [0.1, 0.15) is 47.5 Å². The van der Waals surface area contributed by atoms with Crippen LogP contribution in [0.5, 0.6) is 0 Å². The first-order chi connectivity index (χ1) is 6.53. The lowest BCUT2D eigenvalue weighted by Gasteiger charge is -2.38. The van der Waals surface area contributed by atoms with Crippen molar-refractivity contribution in [2.24, 2.45) is 5.92 Å². The second kappa shape index (κ2) is 6.41. The Morgan fingerprint density at radius 2 is 1.64 bits per heavy atom. The van der Waals surface area contributed by atoms with E-state index in [-0.39, 0.29) is 5.60 Å². The molecule has 0 heterocycles. The first-order valence-corrected chi connectivity index (χ1v) is 5.84. The minimum absolute atomic E-state index is 0.0693. The molecule has 86 valence electrons. The maximum atomic E-state index is 5.80. The summed E-state index contributed by atoms with van der Waals surface area (Å²) in [7, 11) is 2.03. The number of likely N-dealkylation sites (N-methyl/N-ethyl adjacent to an activating group) is 1. The lowest BCUT2D eigenvalue weighted by Crippen LogP contribution is -2.51. The number of ether oxygens (including phenoxy) is 1. The first-order valence-electron chi connectivity index (χ1n) is 5.84. The molecule has 0 aliphatic heterocycles. The highest BCUT2D eigenvalue weighted by molar-refractivity contribution is 4.89. The van der Waals surface area contributed by atoms with Gasteiger partial charge in [-0.15, -0.1) is 0 Å². The lowest BCUT2D eigenvalue weighted by atomic mass is 9.83. The van der Waals surface area contributed by atoms with Crippen molar-refractivity contribution in [3.05, 3.63) is 0 Å². The van der Waals surface area contributed by atoms with Gasteiger partial charge in [-0.3, -0.25) is 0 Å². The Kier molecular flexibility index (Phi) is 6.38. The summed E-state index contributed by atoms with van der Waals surface area (Å²) in [6, 6.07) is 0.442. The SMILES string of the molecule is CCOC(C)(C)C(NC)C(CC)CC. The monoisotopic (exact) mass is 201 g/mol. The molecule has 0 aromatic rings. The van der Waals surface area contributed by atoms with Gasteiger partial charge in [-0.25, -0.2) is 0 Å². The molecule has 0 aliphatic rings. The molecule has 1 unspecified atom stereocenters. The molecular formula is C12H27NO. The van der Waals surface area contributed by atoms with Gasteiger partial charge in [0.1, 0.15) is 0 Å². The van der Waals surface area contributed by atoms with Crippen molar-refractivity contribution in [1.82, 2.24) is 5.32 Å². The molecule has 0 aromatic heterocycles. The number of rotatable bonds is 7. The summed E-state index contributed by atoms with van der Waals surface area (Å²) in [4.78, 5) is 0. The Morgan fingerprint density at radius 3 is 1.93 bits per heavy atom. The number of nitrogens with one attached hydrogen (secondary N) is 1. The molecule has 2 nitrogen and oxygen atoms in total. The van der Waals surface area contributed by atoms with E-state index in [9.17, 15) is 0 Å². The maximum absolute atomic E-state index is 5.80. The van der Waals surface area contributed by atoms with E-state index < -0.39 is 0 Å². The zero-order valence-electron chi connectivity index (χ0n) is 10.7. The average Bonchev–Trinajstić information content (AvgIpc) is 2.13. The van der Waals surface area contributed by atoms with Crippen molar-refractivity contribution in [1.29, 1.82) is 0 Å². The molecule has 0 aromatic carbocycles. The van der Waals surface area contributed by atoms with Gasteiger partial charge in [0.15, 0.2) is 0 Å². The van der Waals surface area contributed by atoms with E-state index in [0.29, 0.717) is 12.0 Å². The third-order valence-corrected chi connectivity index (χ3v) is 3.10. The molecule has 1 N–H and O–H groups in total. The van der Waals surface area contributed by atoms with Gasteiger partial charge in [0.25, 0.3) is 0 Å². The van der Waals surface area contributed by atoms with Crippen LogP contribution in [-0.2, 0) is 4.74 Å². The quantitative estimate of drug-likeness (QED) is 0.684. The molecule has 0 rings (SSSR count). The number of hydrogen-bond donors (Lipinski definition) is 1. The Balaban J connectivity index is 4.50. The third kappa shape index (κ3) is 3.58. The van der Waals surface area contributed by atoms with Crippen molar-refractivity contribution in [2.75, 3.05) is 13.7 Å². The fourth-order valence-corrected chi connectivity index (χ4v) is 2.37. The zero-order valence-corrected chi connectivity index (χ0v) is 10.7. The molecule has 0 amide bonds.